The van der Waals surface area contributed by atoms with Crippen LogP contribution in [0.25, 0.3) is 0 Å². The van der Waals surface area contributed by atoms with Crippen LogP contribution in [0.15, 0.2) is 0 Å². The Morgan fingerprint density at radius 2 is 2.30 bits per heavy atom. The zero-order chi connectivity index (χ0) is 7.98. The minimum Gasteiger partial charge on any atom is -0.359 e. The van der Waals surface area contributed by atoms with Crippen molar-refractivity contribution in [2.75, 3.05) is 12.8 Å². The van der Waals surface area contributed by atoms with Gasteiger partial charge in [-0.05, 0) is 0 Å². The third-order valence-corrected chi connectivity index (χ3v) is 1.54. The van der Waals surface area contributed by atoms with Crippen molar-refractivity contribution in [1.82, 2.24) is 5.32 Å². The topological polar surface area (TPSA) is 29.1 Å². The fraction of sp³-hybridized carbons (Fsp3) is 0.800. The molecule has 0 heterocycles. The molecular formula is C5H9F2NOS. The summed E-state index contributed by atoms with van der Waals surface area (Å²) in [6, 6.07) is 0. The summed E-state index contributed by atoms with van der Waals surface area (Å²) in [7, 11) is 1.48. The van der Waals surface area contributed by atoms with E-state index in [1.807, 2.05) is 0 Å². The van der Waals surface area contributed by atoms with Crippen molar-refractivity contribution in [3.63, 3.8) is 0 Å². The van der Waals surface area contributed by atoms with Gasteiger partial charge in [-0.25, -0.2) is 0 Å². The van der Waals surface area contributed by atoms with Gasteiger partial charge in [0.1, 0.15) is 0 Å². The van der Waals surface area contributed by atoms with Gasteiger partial charge in [-0.15, -0.1) is 0 Å². The van der Waals surface area contributed by atoms with E-state index in [0.717, 1.165) is 0 Å². The molecule has 10 heavy (non-hydrogen) atoms. The first-order valence-electron chi connectivity index (χ1n) is 2.77. The van der Waals surface area contributed by atoms with Crippen molar-refractivity contribution < 1.29 is 13.6 Å². The van der Waals surface area contributed by atoms with E-state index in [1.165, 1.54) is 7.05 Å². The molecule has 0 bridgehead atoms. The monoisotopic (exact) mass is 169 g/mol. The number of halogens is 2. The largest absolute Gasteiger partial charge is 0.359 e. The lowest BCUT2D eigenvalue weighted by Crippen LogP contribution is -2.18. The molecule has 0 aliphatic rings. The molecule has 0 aromatic carbocycles. The maximum atomic E-state index is 11.4. The van der Waals surface area contributed by atoms with Crippen LogP contribution in [0.5, 0.6) is 0 Å². The van der Waals surface area contributed by atoms with E-state index in [2.05, 4.69) is 5.32 Å². The number of thioether (sulfide) groups is 1. The minimum atomic E-state index is -2.37. The van der Waals surface area contributed by atoms with E-state index in [1.54, 1.807) is 0 Å². The standard InChI is InChI=1S/C5H9F2NOS/c1-8-4(9)2-3-10-5(6)7/h5H,2-3H2,1H3,(H,8,9). The molecule has 0 fully saturated rings. The average molecular weight is 169 g/mol. The first-order chi connectivity index (χ1) is 4.66. The third kappa shape index (κ3) is 5.81. The van der Waals surface area contributed by atoms with E-state index < -0.39 is 5.76 Å². The molecular weight excluding hydrogens is 160 g/mol. The highest BCUT2D eigenvalue weighted by Crippen LogP contribution is 2.13. The van der Waals surface area contributed by atoms with Gasteiger partial charge in [-0.3, -0.25) is 4.79 Å². The molecule has 1 amide bonds. The average Bonchev–Trinajstić information content (AvgIpc) is 1.87. The number of amides is 1. The van der Waals surface area contributed by atoms with Crippen molar-refractivity contribution in [2.45, 2.75) is 12.2 Å². The molecule has 0 atom stereocenters. The van der Waals surface area contributed by atoms with E-state index in [4.69, 9.17) is 0 Å². The van der Waals surface area contributed by atoms with Crippen LogP contribution in [0.2, 0.25) is 0 Å². The first-order valence-corrected chi connectivity index (χ1v) is 3.82. The van der Waals surface area contributed by atoms with E-state index in [-0.39, 0.29) is 18.1 Å². The summed E-state index contributed by atoms with van der Waals surface area (Å²) in [6.45, 7) is 0. The molecule has 0 saturated heterocycles. The Labute approximate surface area is 62.4 Å². The second-order valence-corrected chi connectivity index (χ2v) is 2.65. The molecule has 0 aromatic rings. The summed E-state index contributed by atoms with van der Waals surface area (Å²) in [5, 5.41) is 2.34. The smallest absolute Gasteiger partial charge is 0.284 e. The Morgan fingerprint density at radius 3 is 2.70 bits per heavy atom. The van der Waals surface area contributed by atoms with Crippen LogP contribution in [0.1, 0.15) is 6.42 Å². The molecule has 0 rings (SSSR count). The molecule has 60 valence electrons. The highest BCUT2D eigenvalue weighted by atomic mass is 32.2. The maximum Gasteiger partial charge on any atom is 0.284 e. The summed E-state index contributed by atoms with van der Waals surface area (Å²) in [5.74, 6) is -2.39. The highest BCUT2D eigenvalue weighted by molar-refractivity contribution is 7.99. The zero-order valence-electron chi connectivity index (χ0n) is 5.56. The normalized spacial score (nSPS) is 10.0. The molecule has 0 aromatic heterocycles. The Balaban J connectivity index is 3.12. The summed E-state index contributed by atoms with van der Waals surface area (Å²) in [4.78, 5) is 10.4. The lowest BCUT2D eigenvalue weighted by molar-refractivity contribution is -0.120. The molecule has 2 nitrogen and oxygen atoms in total. The van der Waals surface area contributed by atoms with Crippen molar-refractivity contribution in [2.24, 2.45) is 0 Å². The Morgan fingerprint density at radius 1 is 1.70 bits per heavy atom. The van der Waals surface area contributed by atoms with Crippen LogP contribution >= 0.6 is 11.8 Å². The number of nitrogens with one attached hydrogen (secondary N) is 1. The van der Waals surface area contributed by atoms with Gasteiger partial charge < -0.3 is 5.32 Å². The molecule has 0 aliphatic carbocycles. The Hall–Kier alpha value is -0.320. The Bertz CT molecular complexity index is 110. The third-order valence-electron chi connectivity index (χ3n) is 0.852. The first kappa shape index (κ1) is 9.68. The van der Waals surface area contributed by atoms with Crippen molar-refractivity contribution >= 4 is 17.7 Å². The number of hydrogen-bond acceptors (Lipinski definition) is 2. The fourth-order valence-corrected chi connectivity index (χ4v) is 0.847. The number of carbonyl (C=O) groups is 1. The number of hydrogen-bond donors (Lipinski definition) is 1. The second-order valence-electron chi connectivity index (χ2n) is 1.55. The van der Waals surface area contributed by atoms with Crippen LogP contribution in [0.4, 0.5) is 8.78 Å². The predicted octanol–water partition coefficient (Wildman–Crippen LogP) is 1.08. The zero-order valence-corrected chi connectivity index (χ0v) is 6.38. The van der Waals surface area contributed by atoms with Crippen LogP contribution in [0, 0.1) is 0 Å². The molecule has 0 aliphatic heterocycles. The van der Waals surface area contributed by atoms with Crippen LogP contribution in [-0.2, 0) is 4.79 Å². The van der Waals surface area contributed by atoms with E-state index >= 15 is 0 Å². The maximum absolute atomic E-state index is 11.4. The van der Waals surface area contributed by atoms with Crippen LogP contribution in [0.3, 0.4) is 0 Å². The van der Waals surface area contributed by atoms with Gasteiger partial charge >= 0.3 is 0 Å². The van der Waals surface area contributed by atoms with Gasteiger partial charge in [-0.2, -0.15) is 8.78 Å². The van der Waals surface area contributed by atoms with Gasteiger partial charge in [0, 0.05) is 19.2 Å². The van der Waals surface area contributed by atoms with Crippen molar-refractivity contribution in [3.05, 3.63) is 0 Å². The van der Waals surface area contributed by atoms with Crippen LogP contribution in [-0.4, -0.2) is 24.5 Å². The fourth-order valence-electron chi connectivity index (χ4n) is 0.366. The highest BCUT2D eigenvalue weighted by Gasteiger charge is 2.03. The van der Waals surface area contributed by atoms with Gasteiger partial charge in [0.25, 0.3) is 5.76 Å². The quantitative estimate of drug-likeness (QED) is 0.682. The minimum absolute atomic E-state index is 0.158. The second kappa shape index (κ2) is 5.46. The van der Waals surface area contributed by atoms with Crippen molar-refractivity contribution in [3.8, 4) is 0 Å². The van der Waals surface area contributed by atoms with Gasteiger partial charge in [-0.1, -0.05) is 11.8 Å². The van der Waals surface area contributed by atoms with Gasteiger partial charge in [0.05, 0.1) is 0 Å². The van der Waals surface area contributed by atoms with E-state index in [0.29, 0.717) is 11.8 Å². The molecule has 0 radical (unpaired) electrons. The SMILES string of the molecule is CNC(=O)CCSC(F)F. The van der Waals surface area contributed by atoms with Crippen molar-refractivity contribution in [1.29, 1.82) is 0 Å². The molecule has 5 heteroatoms. The summed E-state index contributed by atoms with van der Waals surface area (Å²) in [6.07, 6.45) is 0.158. The number of rotatable bonds is 4. The number of carbonyl (C=O) groups excluding carboxylic acids is 1. The summed E-state index contributed by atoms with van der Waals surface area (Å²) >= 11 is 0.481. The molecule has 0 spiro atoms. The Kier molecular flexibility index (Phi) is 5.29. The summed E-state index contributed by atoms with van der Waals surface area (Å²) in [5.41, 5.74) is 0. The lowest BCUT2D eigenvalue weighted by Gasteiger charge is -1.97. The predicted molar refractivity (Wildman–Crippen MR) is 37.1 cm³/mol. The molecule has 1 N–H and O–H groups in total. The number of alkyl halides is 2. The van der Waals surface area contributed by atoms with Crippen LogP contribution < -0.4 is 5.32 Å². The summed E-state index contributed by atoms with van der Waals surface area (Å²) < 4.78 is 22.8. The lowest BCUT2D eigenvalue weighted by atomic mass is 10.5. The van der Waals surface area contributed by atoms with Gasteiger partial charge in [0.15, 0.2) is 0 Å². The molecule has 0 saturated carbocycles. The van der Waals surface area contributed by atoms with Gasteiger partial charge in [0.2, 0.25) is 5.91 Å². The van der Waals surface area contributed by atoms with E-state index in [9.17, 15) is 13.6 Å². The molecule has 0 unspecified atom stereocenters.